The Labute approximate surface area is 241 Å². The Morgan fingerprint density at radius 2 is 1.39 bits per heavy atom. The first-order valence-electron chi connectivity index (χ1n) is 14.0. The van der Waals surface area contributed by atoms with Crippen molar-refractivity contribution in [3.05, 3.63) is 118 Å². The number of carbonyl (C=O) groups excluding carboxylic acids is 2. The fourth-order valence-electron chi connectivity index (χ4n) is 6.72. The summed E-state index contributed by atoms with van der Waals surface area (Å²) < 4.78 is 6.14. The lowest BCUT2D eigenvalue weighted by molar-refractivity contribution is 0.0926. The third-order valence-electron chi connectivity index (χ3n) is 8.68. The van der Waals surface area contributed by atoms with Gasteiger partial charge in [-0.2, -0.15) is 0 Å². The largest absolute Gasteiger partial charge is 0.508 e. The molecule has 0 bridgehead atoms. The summed E-state index contributed by atoms with van der Waals surface area (Å²) in [5, 5.41) is 10.6. The summed E-state index contributed by atoms with van der Waals surface area (Å²) in [5.41, 5.74) is 5.39. The second-order valence-electron chi connectivity index (χ2n) is 13.2. The molecule has 1 N–H and O–H groups in total. The van der Waals surface area contributed by atoms with Crippen LogP contribution in [0.3, 0.4) is 0 Å². The zero-order valence-electron chi connectivity index (χ0n) is 24.4. The zero-order valence-corrected chi connectivity index (χ0v) is 24.4. The molecule has 1 aliphatic heterocycles. The predicted molar refractivity (Wildman–Crippen MR) is 161 cm³/mol. The summed E-state index contributed by atoms with van der Waals surface area (Å²) >= 11 is 0. The molecule has 0 unspecified atom stereocenters. The Kier molecular flexibility index (Phi) is 5.93. The van der Waals surface area contributed by atoms with Gasteiger partial charge in [0.1, 0.15) is 17.2 Å². The summed E-state index contributed by atoms with van der Waals surface area (Å²) in [5.74, 6) is 0.321. The van der Waals surface area contributed by atoms with Crippen LogP contribution in [0.5, 0.6) is 17.2 Å². The number of amides is 2. The third-order valence-corrected chi connectivity index (χ3v) is 8.68. The number of phenols is 1. The molecule has 2 amide bonds. The van der Waals surface area contributed by atoms with Crippen LogP contribution in [0, 0.1) is 0 Å². The van der Waals surface area contributed by atoms with Crippen LogP contribution in [0.2, 0.25) is 0 Å². The van der Waals surface area contributed by atoms with E-state index in [1.54, 1.807) is 30.3 Å². The van der Waals surface area contributed by atoms with Crippen LogP contribution in [0.1, 0.15) is 90.9 Å². The van der Waals surface area contributed by atoms with Gasteiger partial charge in [0.2, 0.25) is 0 Å². The van der Waals surface area contributed by atoms with Crippen LogP contribution < -0.4 is 9.64 Å². The Morgan fingerprint density at radius 1 is 0.756 bits per heavy atom. The number of hydrogen-bond acceptors (Lipinski definition) is 4. The van der Waals surface area contributed by atoms with Crippen molar-refractivity contribution in [3.8, 4) is 17.2 Å². The molecule has 2 aliphatic rings. The molecule has 0 saturated heterocycles. The molecule has 6 rings (SSSR count). The quantitative estimate of drug-likeness (QED) is 0.262. The Bertz CT molecular complexity index is 1710. The van der Waals surface area contributed by atoms with E-state index < -0.39 is 11.8 Å². The molecule has 0 radical (unpaired) electrons. The van der Waals surface area contributed by atoms with Crippen LogP contribution in [-0.4, -0.2) is 16.9 Å². The van der Waals surface area contributed by atoms with E-state index in [0.29, 0.717) is 22.7 Å². The van der Waals surface area contributed by atoms with Crippen molar-refractivity contribution in [2.75, 3.05) is 4.90 Å². The number of phenolic OH excluding ortho intramolecular Hbond substituents is 1. The Hall–Kier alpha value is -4.38. The second kappa shape index (κ2) is 9.07. The summed E-state index contributed by atoms with van der Waals surface area (Å²) in [6.07, 6.45) is 1.02. The number of benzene rings is 4. The van der Waals surface area contributed by atoms with Crippen molar-refractivity contribution in [3.63, 3.8) is 0 Å². The number of anilines is 1. The number of imide groups is 1. The number of rotatable bonds is 4. The lowest BCUT2D eigenvalue weighted by Gasteiger charge is -2.28. The van der Waals surface area contributed by atoms with Gasteiger partial charge in [-0.25, -0.2) is 4.90 Å². The number of hydrogen-bond donors (Lipinski definition) is 1. The minimum atomic E-state index is -0.441. The first kappa shape index (κ1) is 26.8. The van der Waals surface area contributed by atoms with E-state index in [4.69, 9.17) is 4.74 Å². The van der Waals surface area contributed by atoms with Crippen LogP contribution in [0.25, 0.3) is 0 Å². The molecule has 0 saturated carbocycles. The number of aromatic hydroxyl groups is 1. The average Bonchev–Trinajstić information content (AvgIpc) is 3.29. The number of ether oxygens (including phenoxy) is 1. The highest BCUT2D eigenvalue weighted by Gasteiger charge is 2.45. The highest BCUT2D eigenvalue weighted by Crippen LogP contribution is 2.52. The van der Waals surface area contributed by atoms with Gasteiger partial charge in [-0.3, -0.25) is 9.59 Å². The maximum atomic E-state index is 13.4. The summed E-state index contributed by atoms with van der Waals surface area (Å²) in [4.78, 5) is 27.6. The predicted octanol–water partition coefficient (Wildman–Crippen LogP) is 8.27. The van der Waals surface area contributed by atoms with Gasteiger partial charge < -0.3 is 9.84 Å². The first-order valence-corrected chi connectivity index (χ1v) is 14.0. The summed E-state index contributed by atoms with van der Waals surface area (Å²) in [6, 6.07) is 26.7. The van der Waals surface area contributed by atoms with Gasteiger partial charge in [0.25, 0.3) is 11.8 Å². The molecule has 1 atom stereocenters. The smallest absolute Gasteiger partial charge is 0.266 e. The molecule has 4 aromatic rings. The Morgan fingerprint density at radius 3 is 2.05 bits per heavy atom. The monoisotopic (exact) mass is 545 g/mol. The van der Waals surface area contributed by atoms with Gasteiger partial charge in [0, 0.05) is 11.5 Å². The van der Waals surface area contributed by atoms with Gasteiger partial charge in [-0.1, -0.05) is 84.0 Å². The third kappa shape index (κ3) is 4.31. The van der Waals surface area contributed by atoms with Gasteiger partial charge >= 0.3 is 0 Å². The topological polar surface area (TPSA) is 66.8 Å². The van der Waals surface area contributed by atoms with Crippen LogP contribution in [0.4, 0.5) is 5.69 Å². The Balaban J connectivity index is 1.24. The number of carbonyl (C=O) groups is 2. The molecule has 4 aromatic carbocycles. The van der Waals surface area contributed by atoms with Crippen molar-refractivity contribution in [1.29, 1.82) is 0 Å². The first-order chi connectivity index (χ1) is 19.3. The average molecular weight is 546 g/mol. The standard InChI is InChI=1S/C36H35NO4/c1-34(2,3)30-18-13-23(19-31(30)38)37-32(39)26-17-16-25(20-27(26)33(37)40)41-24-14-11-22(12-15-24)36(6)21-35(4,5)28-9-7-8-10-29(28)36/h7-20,38H,21H2,1-6H3/t36-/m1/s1. The minimum Gasteiger partial charge on any atom is -0.508 e. The maximum Gasteiger partial charge on any atom is 0.266 e. The summed E-state index contributed by atoms with van der Waals surface area (Å²) in [7, 11) is 0. The highest BCUT2D eigenvalue weighted by atomic mass is 16.5. The van der Waals surface area contributed by atoms with E-state index in [-0.39, 0.29) is 27.6 Å². The molecule has 1 aliphatic carbocycles. The molecule has 5 heteroatoms. The normalized spacial score (nSPS) is 19.3. The SMILES string of the molecule is CC(C)(C)c1ccc(N2C(=O)c3ccc(Oc4ccc([C@@]5(C)CC(C)(C)c6ccccc65)cc4)cc3C2=O)cc1O. The van der Waals surface area contributed by atoms with Crippen LogP contribution >= 0.6 is 0 Å². The zero-order chi connectivity index (χ0) is 29.3. The molecule has 5 nitrogen and oxygen atoms in total. The van der Waals surface area contributed by atoms with E-state index >= 15 is 0 Å². The van der Waals surface area contributed by atoms with Gasteiger partial charge in [0.15, 0.2) is 0 Å². The summed E-state index contributed by atoms with van der Waals surface area (Å²) in [6.45, 7) is 12.9. The minimum absolute atomic E-state index is 0.0533. The van der Waals surface area contributed by atoms with Crippen LogP contribution in [-0.2, 0) is 16.2 Å². The van der Waals surface area contributed by atoms with Gasteiger partial charge in [-0.15, -0.1) is 0 Å². The van der Waals surface area contributed by atoms with Crippen molar-refractivity contribution in [2.45, 2.75) is 64.2 Å². The molecule has 0 fully saturated rings. The lowest BCUT2D eigenvalue weighted by atomic mass is 9.75. The number of nitrogens with zero attached hydrogens (tertiary/aromatic N) is 1. The fourth-order valence-corrected chi connectivity index (χ4v) is 6.72. The van der Waals surface area contributed by atoms with E-state index in [9.17, 15) is 14.7 Å². The van der Waals surface area contributed by atoms with Crippen molar-refractivity contribution in [1.82, 2.24) is 0 Å². The molecule has 0 aromatic heterocycles. The maximum absolute atomic E-state index is 13.4. The van der Waals surface area contributed by atoms with Crippen molar-refractivity contribution < 1.29 is 19.4 Å². The van der Waals surface area contributed by atoms with E-state index in [2.05, 4.69) is 57.2 Å². The molecule has 0 spiro atoms. The highest BCUT2D eigenvalue weighted by molar-refractivity contribution is 6.34. The number of fused-ring (bicyclic) bond motifs is 2. The van der Waals surface area contributed by atoms with E-state index in [1.807, 2.05) is 32.9 Å². The van der Waals surface area contributed by atoms with Gasteiger partial charge in [0.05, 0.1) is 16.8 Å². The van der Waals surface area contributed by atoms with Gasteiger partial charge in [-0.05, 0) is 75.9 Å². The molecule has 41 heavy (non-hydrogen) atoms. The van der Waals surface area contributed by atoms with Crippen LogP contribution in [0.15, 0.2) is 84.9 Å². The molecule has 208 valence electrons. The van der Waals surface area contributed by atoms with Crippen molar-refractivity contribution in [2.24, 2.45) is 0 Å². The molecular weight excluding hydrogens is 510 g/mol. The molecule has 1 heterocycles. The molecular formula is C36H35NO4. The van der Waals surface area contributed by atoms with E-state index in [0.717, 1.165) is 16.9 Å². The van der Waals surface area contributed by atoms with E-state index in [1.165, 1.54) is 22.8 Å². The lowest BCUT2D eigenvalue weighted by Crippen LogP contribution is -2.29. The van der Waals surface area contributed by atoms with Crippen molar-refractivity contribution >= 4 is 17.5 Å². The fraction of sp³-hybridized carbons (Fsp3) is 0.278. The second-order valence-corrected chi connectivity index (χ2v) is 13.2.